The zero-order chi connectivity index (χ0) is 17.1. The summed E-state index contributed by atoms with van der Waals surface area (Å²) in [6, 6.07) is 4.05. The van der Waals surface area contributed by atoms with Crippen LogP contribution in [0.1, 0.15) is 23.6 Å². The minimum Gasteiger partial charge on any atom is -0.389 e. The molecule has 2 nitrogen and oxygen atoms in total. The van der Waals surface area contributed by atoms with Crippen LogP contribution >= 0.6 is 0 Å². The molecule has 120 valence electrons. The number of halogens is 6. The van der Waals surface area contributed by atoms with Crippen LogP contribution in [0.2, 0.25) is 0 Å². The molecule has 0 saturated carbocycles. The highest BCUT2D eigenvalue weighted by molar-refractivity contribution is 5.42. The van der Waals surface area contributed by atoms with Crippen LogP contribution in [0.4, 0.5) is 26.3 Å². The Balaban J connectivity index is 3.18. The first-order chi connectivity index (χ1) is 9.96. The lowest BCUT2D eigenvalue weighted by Gasteiger charge is -2.15. The molecule has 1 atom stereocenters. The molecule has 8 heteroatoms. The Morgan fingerprint density at radius 3 is 2.27 bits per heavy atom. The lowest BCUT2D eigenvalue weighted by Crippen LogP contribution is -2.22. The predicted molar refractivity (Wildman–Crippen MR) is 65.7 cm³/mol. The van der Waals surface area contributed by atoms with Crippen LogP contribution < -0.4 is 0 Å². The highest BCUT2D eigenvalue weighted by Crippen LogP contribution is 2.33. The van der Waals surface area contributed by atoms with Gasteiger partial charge in [-0.05, 0) is 31.0 Å². The van der Waals surface area contributed by atoms with Gasteiger partial charge in [-0.3, -0.25) is 0 Å². The van der Waals surface area contributed by atoms with Gasteiger partial charge in [-0.2, -0.15) is 31.6 Å². The summed E-state index contributed by atoms with van der Waals surface area (Å²) >= 11 is 0. The molecule has 0 amide bonds. The SMILES string of the molecule is CC(O)/C(=C/Cc1ccc(C#N)c(C(F)(F)F)c1)C(F)(F)F. The number of nitriles is 1. The van der Waals surface area contributed by atoms with Crippen LogP contribution in [0.5, 0.6) is 0 Å². The number of hydrogen-bond acceptors (Lipinski definition) is 2. The summed E-state index contributed by atoms with van der Waals surface area (Å²) in [5.74, 6) is 0. The van der Waals surface area contributed by atoms with E-state index in [-0.39, 0.29) is 5.56 Å². The lowest BCUT2D eigenvalue weighted by molar-refractivity contribution is -0.137. The molecule has 0 radical (unpaired) electrons. The molecule has 0 aliphatic rings. The van der Waals surface area contributed by atoms with E-state index in [1.54, 1.807) is 0 Å². The third-order valence-corrected chi connectivity index (χ3v) is 2.84. The van der Waals surface area contributed by atoms with Crippen molar-refractivity contribution in [3.05, 3.63) is 46.5 Å². The summed E-state index contributed by atoms with van der Waals surface area (Å²) in [6.07, 6.45) is -11.2. The minimum atomic E-state index is -4.78. The van der Waals surface area contributed by atoms with Gasteiger partial charge in [0.15, 0.2) is 0 Å². The minimum absolute atomic E-state index is 0.0475. The van der Waals surface area contributed by atoms with Crippen molar-refractivity contribution >= 4 is 0 Å². The fourth-order valence-corrected chi connectivity index (χ4v) is 1.80. The summed E-state index contributed by atoms with van der Waals surface area (Å²) in [4.78, 5) is 0. The van der Waals surface area contributed by atoms with Gasteiger partial charge >= 0.3 is 12.4 Å². The van der Waals surface area contributed by atoms with Gasteiger partial charge < -0.3 is 5.11 Å². The van der Waals surface area contributed by atoms with Crippen LogP contribution in [0, 0.1) is 11.3 Å². The van der Waals surface area contributed by atoms with Crippen molar-refractivity contribution < 1.29 is 31.4 Å². The number of benzene rings is 1. The van der Waals surface area contributed by atoms with Gasteiger partial charge in [0.25, 0.3) is 0 Å². The van der Waals surface area contributed by atoms with E-state index in [0.717, 1.165) is 19.1 Å². The van der Waals surface area contributed by atoms with Crippen molar-refractivity contribution in [1.29, 1.82) is 5.26 Å². The standard InChI is InChI=1S/C14H11F6NO/c1-8(22)11(13(15,16)17)5-3-9-2-4-10(7-21)12(6-9)14(18,19)20/h2,4-6,8,22H,3H2,1H3/b11-5-. The Kier molecular flexibility index (Phi) is 5.25. The molecule has 0 fully saturated rings. The van der Waals surface area contributed by atoms with Crippen molar-refractivity contribution in [3.8, 4) is 6.07 Å². The van der Waals surface area contributed by atoms with Crippen LogP contribution in [0.3, 0.4) is 0 Å². The second-order valence-corrected chi connectivity index (χ2v) is 4.53. The summed E-state index contributed by atoms with van der Waals surface area (Å²) in [5, 5.41) is 17.7. The first-order valence-corrected chi connectivity index (χ1v) is 6.02. The van der Waals surface area contributed by atoms with Gasteiger partial charge in [-0.25, -0.2) is 0 Å². The van der Waals surface area contributed by atoms with E-state index < -0.39 is 41.6 Å². The topological polar surface area (TPSA) is 44.0 Å². The Morgan fingerprint density at radius 2 is 1.86 bits per heavy atom. The fraction of sp³-hybridized carbons (Fsp3) is 0.357. The van der Waals surface area contributed by atoms with Crippen molar-refractivity contribution in [3.63, 3.8) is 0 Å². The molecule has 0 bridgehead atoms. The van der Waals surface area contributed by atoms with E-state index in [1.165, 1.54) is 6.07 Å². The van der Waals surface area contributed by atoms with Crippen molar-refractivity contribution in [2.75, 3.05) is 0 Å². The number of nitrogens with zero attached hydrogens (tertiary/aromatic N) is 1. The van der Waals surface area contributed by atoms with Crippen LogP contribution in [0.15, 0.2) is 29.8 Å². The zero-order valence-corrected chi connectivity index (χ0v) is 11.3. The third-order valence-electron chi connectivity index (χ3n) is 2.84. The summed E-state index contributed by atoms with van der Waals surface area (Å²) < 4.78 is 76.1. The maximum absolute atomic E-state index is 12.7. The normalized spacial score (nSPS) is 14.6. The molecule has 1 aromatic rings. The molecule has 0 aromatic heterocycles. The quantitative estimate of drug-likeness (QED) is 0.675. The average Bonchev–Trinajstić information content (AvgIpc) is 2.35. The molecule has 1 N–H and O–H groups in total. The van der Waals surface area contributed by atoms with Gasteiger partial charge in [0.05, 0.1) is 28.9 Å². The molecular formula is C14H11F6NO. The van der Waals surface area contributed by atoms with E-state index in [1.807, 2.05) is 0 Å². The number of alkyl halides is 6. The molecule has 0 aliphatic carbocycles. The molecule has 0 aliphatic heterocycles. The Hall–Kier alpha value is -2.01. The molecular weight excluding hydrogens is 312 g/mol. The Morgan fingerprint density at radius 1 is 1.27 bits per heavy atom. The molecule has 1 aromatic carbocycles. The zero-order valence-electron chi connectivity index (χ0n) is 11.3. The average molecular weight is 323 g/mol. The van der Waals surface area contributed by atoms with E-state index in [0.29, 0.717) is 12.1 Å². The highest BCUT2D eigenvalue weighted by Gasteiger charge is 2.36. The van der Waals surface area contributed by atoms with Gasteiger partial charge in [-0.1, -0.05) is 12.1 Å². The Labute approximate surface area is 122 Å². The van der Waals surface area contributed by atoms with Gasteiger partial charge in [0, 0.05) is 0 Å². The first-order valence-electron chi connectivity index (χ1n) is 6.02. The Bertz CT molecular complexity index is 607. The molecule has 0 saturated heterocycles. The molecule has 0 heterocycles. The number of aliphatic hydroxyl groups excluding tert-OH is 1. The van der Waals surface area contributed by atoms with Crippen molar-refractivity contribution in [2.24, 2.45) is 0 Å². The van der Waals surface area contributed by atoms with Crippen molar-refractivity contribution in [1.82, 2.24) is 0 Å². The van der Waals surface area contributed by atoms with Gasteiger partial charge in [-0.15, -0.1) is 0 Å². The largest absolute Gasteiger partial charge is 0.417 e. The highest BCUT2D eigenvalue weighted by atomic mass is 19.4. The van der Waals surface area contributed by atoms with Gasteiger partial charge in [0.1, 0.15) is 0 Å². The van der Waals surface area contributed by atoms with E-state index in [9.17, 15) is 26.3 Å². The number of aliphatic hydroxyl groups is 1. The summed E-state index contributed by atoms with van der Waals surface area (Å²) in [5.41, 5.74) is -3.09. The maximum Gasteiger partial charge on any atom is 0.417 e. The van der Waals surface area contributed by atoms with Crippen LogP contribution in [-0.4, -0.2) is 17.4 Å². The molecule has 1 unspecified atom stereocenters. The number of rotatable bonds is 3. The number of allylic oxidation sites excluding steroid dienone is 1. The second-order valence-electron chi connectivity index (χ2n) is 4.53. The summed E-state index contributed by atoms with van der Waals surface area (Å²) in [7, 11) is 0. The van der Waals surface area contributed by atoms with Crippen LogP contribution in [0.25, 0.3) is 0 Å². The monoisotopic (exact) mass is 323 g/mol. The number of hydrogen-bond donors (Lipinski definition) is 1. The van der Waals surface area contributed by atoms with E-state index >= 15 is 0 Å². The third kappa shape index (κ3) is 4.49. The molecule has 1 rings (SSSR count). The first kappa shape index (κ1) is 18.0. The van der Waals surface area contributed by atoms with Crippen LogP contribution in [-0.2, 0) is 12.6 Å². The molecule has 0 spiro atoms. The predicted octanol–water partition coefficient (Wildman–Crippen LogP) is 3.99. The summed E-state index contributed by atoms with van der Waals surface area (Å²) in [6.45, 7) is 0.916. The fourth-order valence-electron chi connectivity index (χ4n) is 1.80. The van der Waals surface area contributed by atoms with E-state index in [2.05, 4.69) is 0 Å². The smallest absolute Gasteiger partial charge is 0.389 e. The van der Waals surface area contributed by atoms with E-state index in [4.69, 9.17) is 10.4 Å². The second kappa shape index (κ2) is 6.40. The maximum atomic E-state index is 12.7. The van der Waals surface area contributed by atoms with Gasteiger partial charge in [0.2, 0.25) is 0 Å². The lowest BCUT2D eigenvalue weighted by atomic mass is 10.0. The van der Waals surface area contributed by atoms with Crippen molar-refractivity contribution in [2.45, 2.75) is 31.8 Å². The molecule has 22 heavy (non-hydrogen) atoms.